The van der Waals surface area contributed by atoms with Crippen molar-refractivity contribution in [3.63, 3.8) is 0 Å². The Morgan fingerprint density at radius 3 is 2.82 bits per heavy atom. The summed E-state index contributed by atoms with van der Waals surface area (Å²) >= 11 is 0. The third-order valence-electron chi connectivity index (χ3n) is 2.50. The van der Waals surface area contributed by atoms with Crippen molar-refractivity contribution in [3.05, 3.63) is 0 Å². The molecule has 1 saturated heterocycles. The second-order valence-corrected chi connectivity index (χ2v) is 3.30. The van der Waals surface area contributed by atoms with Crippen LogP contribution in [-0.4, -0.2) is 48.8 Å². The molecule has 0 radical (unpaired) electrons. The fraction of sp³-hybridized carbons (Fsp3) is 1.00. The molecule has 0 spiro atoms. The fourth-order valence-electron chi connectivity index (χ4n) is 1.77. The van der Waals surface area contributed by atoms with Gasteiger partial charge < -0.3 is 10.4 Å². The molecule has 1 heterocycles. The SMILES string of the molecule is C[C@H]1NCC[C@@H]1N(C)CCO. The van der Waals surface area contributed by atoms with Crippen molar-refractivity contribution in [1.82, 2.24) is 10.2 Å². The minimum absolute atomic E-state index is 0.264. The molecule has 1 fully saturated rings. The monoisotopic (exact) mass is 158 g/mol. The molecule has 1 aliphatic heterocycles. The summed E-state index contributed by atoms with van der Waals surface area (Å²) in [6, 6.07) is 1.19. The van der Waals surface area contributed by atoms with Crippen LogP contribution in [-0.2, 0) is 0 Å². The first-order valence-electron chi connectivity index (χ1n) is 4.30. The van der Waals surface area contributed by atoms with E-state index in [1.54, 1.807) is 0 Å². The Morgan fingerprint density at radius 2 is 2.36 bits per heavy atom. The van der Waals surface area contributed by atoms with Crippen molar-refractivity contribution in [2.75, 3.05) is 26.7 Å². The fourth-order valence-corrected chi connectivity index (χ4v) is 1.77. The second-order valence-electron chi connectivity index (χ2n) is 3.30. The Hall–Kier alpha value is -0.120. The van der Waals surface area contributed by atoms with Crippen LogP contribution in [0.25, 0.3) is 0 Å². The van der Waals surface area contributed by atoms with E-state index in [2.05, 4.69) is 24.2 Å². The van der Waals surface area contributed by atoms with E-state index < -0.39 is 0 Å². The van der Waals surface area contributed by atoms with E-state index in [1.165, 1.54) is 6.42 Å². The molecule has 1 aliphatic rings. The van der Waals surface area contributed by atoms with Gasteiger partial charge in [0.1, 0.15) is 0 Å². The standard InChI is InChI=1S/C8H18N2O/c1-7-8(3-4-9-7)10(2)5-6-11/h7-9,11H,3-6H2,1-2H3/t7-,8+/m1/s1. The van der Waals surface area contributed by atoms with Gasteiger partial charge in [-0.2, -0.15) is 0 Å². The first-order chi connectivity index (χ1) is 5.25. The van der Waals surface area contributed by atoms with Crippen LogP contribution < -0.4 is 5.32 Å². The molecule has 2 N–H and O–H groups in total. The average Bonchev–Trinajstić information content (AvgIpc) is 2.36. The normalized spacial score (nSPS) is 31.6. The van der Waals surface area contributed by atoms with Crippen LogP contribution in [0.3, 0.4) is 0 Å². The topological polar surface area (TPSA) is 35.5 Å². The van der Waals surface area contributed by atoms with E-state index in [9.17, 15) is 0 Å². The Bertz CT molecular complexity index is 119. The van der Waals surface area contributed by atoms with Gasteiger partial charge in [0.2, 0.25) is 0 Å². The van der Waals surface area contributed by atoms with E-state index in [0.29, 0.717) is 12.1 Å². The van der Waals surface area contributed by atoms with Crippen molar-refractivity contribution in [3.8, 4) is 0 Å². The van der Waals surface area contributed by atoms with Gasteiger partial charge in [0, 0.05) is 18.6 Å². The zero-order valence-electron chi connectivity index (χ0n) is 7.38. The van der Waals surface area contributed by atoms with Gasteiger partial charge in [-0.15, -0.1) is 0 Å². The lowest BCUT2D eigenvalue weighted by Crippen LogP contribution is -2.41. The molecule has 0 unspecified atom stereocenters. The minimum Gasteiger partial charge on any atom is -0.395 e. The summed E-state index contributed by atoms with van der Waals surface area (Å²) in [6.45, 7) is 4.36. The molecule has 0 aromatic heterocycles. The Balaban J connectivity index is 2.33. The summed E-state index contributed by atoms with van der Waals surface area (Å²) in [5, 5.41) is 12.1. The van der Waals surface area contributed by atoms with Gasteiger partial charge in [-0.1, -0.05) is 0 Å². The average molecular weight is 158 g/mol. The molecule has 66 valence electrons. The molecular weight excluding hydrogens is 140 g/mol. The number of nitrogens with one attached hydrogen (secondary N) is 1. The van der Waals surface area contributed by atoms with E-state index >= 15 is 0 Å². The van der Waals surface area contributed by atoms with Crippen molar-refractivity contribution in [2.24, 2.45) is 0 Å². The summed E-state index contributed by atoms with van der Waals surface area (Å²) in [5.74, 6) is 0. The number of aliphatic hydroxyl groups excluding tert-OH is 1. The van der Waals surface area contributed by atoms with Crippen LogP contribution in [0.4, 0.5) is 0 Å². The molecule has 0 bridgehead atoms. The molecule has 2 atom stereocenters. The highest BCUT2D eigenvalue weighted by molar-refractivity contribution is 4.86. The van der Waals surface area contributed by atoms with Crippen LogP contribution in [0.1, 0.15) is 13.3 Å². The lowest BCUT2D eigenvalue weighted by Gasteiger charge is -2.26. The van der Waals surface area contributed by atoms with Crippen LogP contribution in [0.15, 0.2) is 0 Å². The van der Waals surface area contributed by atoms with Gasteiger partial charge in [0.05, 0.1) is 6.61 Å². The molecule has 0 amide bonds. The molecule has 0 aromatic carbocycles. The quantitative estimate of drug-likeness (QED) is 0.590. The Morgan fingerprint density at radius 1 is 1.64 bits per heavy atom. The number of hydrogen-bond acceptors (Lipinski definition) is 3. The van der Waals surface area contributed by atoms with Gasteiger partial charge in [-0.3, -0.25) is 4.90 Å². The zero-order valence-corrected chi connectivity index (χ0v) is 7.38. The van der Waals surface area contributed by atoms with Crippen molar-refractivity contribution in [2.45, 2.75) is 25.4 Å². The highest BCUT2D eigenvalue weighted by atomic mass is 16.3. The molecule has 3 heteroatoms. The summed E-state index contributed by atoms with van der Waals surface area (Å²) in [4.78, 5) is 2.23. The van der Waals surface area contributed by atoms with E-state index in [0.717, 1.165) is 13.1 Å². The molecule has 0 saturated carbocycles. The molecule has 1 rings (SSSR count). The lowest BCUT2D eigenvalue weighted by molar-refractivity contribution is 0.173. The molecular formula is C8H18N2O. The van der Waals surface area contributed by atoms with E-state index in [1.807, 2.05) is 0 Å². The highest BCUT2D eigenvalue weighted by Gasteiger charge is 2.25. The third-order valence-corrected chi connectivity index (χ3v) is 2.50. The smallest absolute Gasteiger partial charge is 0.0558 e. The van der Waals surface area contributed by atoms with Gasteiger partial charge in [-0.25, -0.2) is 0 Å². The predicted molar refractivity (Wildman–Crippen MR) is 45.6 cm³/mol. The predicted octanol–water partition coefficient (Wildman–Crippen LogP) is -0.339. The number of hydrogen-bond donors (Lipinski definition) is 2. The van der Waals surface area contributed by atoms with Crippen molar-refractivity contribution >= 4 is 0 Å². The van der Waals surface area contributed by atoms with Gasteiger partial charge in [-0.05, 0) is 26.9 Å². The maximum atomic E-state index is 8.72. The molecule has 3 nitrogen and oxygen atoms in total. The largest absolute Gasteiger partial charge is 0.395 e. The zero-order chi connectivity index (χ0) is 8.27. The van der Waals surface area contributed by atoms with Crippen LogP contribution >= 0.6 is 0 Å². The first-order valence-corrected chi connectivity index (χ1v) is 4.30. The number of rotatable bonds is 3. The Labute approximate surface area is 68.4 Å². The molecule has 0 aliphatic carbocycles. The van der Waals surface area contributed by atoms with Crippen molar-refractivity contribution in [1.29, 1.82) is 0 Å². The lowest BCUT2D eigenvalue weighted by atomic mass is 10.1. The number of likely N-dealkylation sites (N-methyl/N-ethyl adjacent to an activating group) is 1. The summed E-state index contributed by atoms with van der Waals surface area (Å²) in [7, 11) is 2.07. The van der Waals surface area contributed by atoms with E-state index in [4.69, 9.17) is 5.11 Å². The number of aliphatic hydroxyl groups is 1. The summed E-state index contributed by atoms with van der Waals surface area (Å²) in [6.07, 6.45) is 1.21. The van der Waals surface area contributed by atoms with E-state index in [-0.39, 0.29) is 6.61 Å². The maximum absolute atomic E-state index is 8.72. The highest BCUT2D eigenvalue weighted by Crippen LogP contribution is 2.11. The molecule has 11 heavy (non-hydrogen) atoms. The third kappa shape index (κ3) is 2.15. The van der Waals surface area contributed by atoms with Gasteiger partial charge in [0.25, 0.3) is 0 Å². The Kier molecular flexibility index (Phi) is 3.30. The minimum atomic E-state index is 0.264. The summed E-state index contributed by atoms with van der Waals surface area (Å²) < 4.78 is 0. The number of nitrogens with zero attached hydrogens (tertiary/aromatic N) is 1. The molecule has 0 aromatic rings. The van der Waals surface area contributed by atoms with Crippen LogP contribution in [0, 0.1) is 0 Å². The van der Waals surface area contributed by atoms with Gasteiger partial charge >= 0.3 is 0 Å². The van der Waals surface area contributed by atoms with Crippen LogP contribution in [0.5, 0.6) is 0 Å². The maximum Gasteiger partial charge on any atom is 0.0558 e. The van der Waals surface area contributed by atoms with Gasteiger partial charge in [0.15, 0.2) is 0 Å². The first kappa shape index (κ1) is 8.97. The van der Waals surface area contributed by atoms with Crippen LogP contribution in [0.2, 0.25) is 0 Å². The van der Waals surface area contributed by atoms with Crippen molar-refractivity contribution < 1.29 is 5.11 Å². The summed E-state index contributed by atoms with van der Waals surface area (Å²) in [5.41, 5.74) is 0. The second kappa shape index (κ2) is 4.04.